The van der Waals surface area contributed by atoms with Gasteiger partial charge in [-0.05, 0) is 57.1 Å². The average Bonchev–Trinajstić information content (AvgIpc) is 3.05. The third-order valence-electron chi connectivity index (χ3n) is 3.99. The highest BCUT2D eigenvalue weighted by molar-refractivity contribution is 7.11. The summed E-state index contributed by atoms with van der Waals surface area (Å²) in [6, 6.07) is 0.255. The first-order valence-corrected chi connectivity index (χ1v) is 9.64. The van der Waals surface area contributed by atoms with Gasteiger partial charge in [0.05, 0.1) is 5.56 Å². The summed E-state index contributed by atoms with van der Waals surface area (Å²) in [6.45, 7) is 1.67. The number of urea groups is 1. The molecule has 8 nitrogen and oxygen atoms in total. The van der Waals surface area contributed by atoms with Crippen LogP contribution in [0.2, 0.25) is 0 Å². The number of nitrogens with zero attached hydrogens (tertiary/aromatic N) is 2. The van der Waals surface area contributed by atoms with Crippen LogP contribution < -0.4 is 21.1 Å². The number of carbonyl (C=O) groups excluding carboxylic acids is 2. The van der Waals surface area contributed by atoms with Gasteiger partial charge in [0.15, 0.2) is 11.6 Å². The molecule has 0 aliphatic heterocycles. The van der Waals surface area contributed by atoms with Gasteiger partial charge in [-0.3, -0.25) is 10.1 Å². The maximum Gasteiger partial charge on any atom is 0.319 e. The van der Waals surface area contributed by atoms with Crippen molar-refractivity contribution in [3.8, 4) is 5.88 Å². The normalized spacial score (nSPS) is 10.9. The van der Waals surface area contributed by atoms with Crippen LogP contribution in [-0.2, 0) is 6.61 Å². The molecule has 2 aromatic rings. The topological polar surface area (TPSA) is 110 Å². The van der Waals surface area contributed by atoms with Gasteiger partial charge in [-0.2, -0.15) is 4.37 Å². The summed E-state index contributed by atoms with van der Waals surface area (Å²) in [5, 5.41) is 5.07. The second-order valence-electron chi connectivity index (χ2n) is 6.66. The summed E-state index contributed by atoms with van der Waals surface area (Å²) in [4.78, 5) is 25.7. The Kier molecular flexibility index (Phi) is 8.00. The number of aromatic nitrogens is 1. The quantitative estimate of drug-likeness (QED) is 0.406. The van der Waals surface area contributed by atoms with Crippen LogP contribution in [0.4, 0.5) is 23.0 Å². The highest BCUT2D eigenvalue weighted by atomic mass is 32.1. The molecule has 0 saturated heterocycles. The Hall–Kier alpha value is -2.86. The second kappa shape index (κ2) is 10.3. The van der Waals surface area contributed by atoms with Crippen molar-refractivity contribution in [3.05, 3.63) is 40.2 Å². The molecular weight excluding hydrogens is 423 g/mol. The lowest BCUT2D eigenvalue weighted by atomic mass is 10.1. The third-order valence-corrected chi connectivity index (χ3v) is 4.74. The smallest absolute Gasteiger partial charge is 0.319 e. The first-order valence-electron chi connectivity index (χ1n) is 8.86. The highest BCUT2D eigenvalue weighted by Crippen LogP contribution is 2.31. The number of hydrogen-bond donors (Lipinski definition) is 3. The number of anilines is 1. The van der Waals surface area contributed by atoms with Crippen LogP contribution in [-0.4, -0.2) is 48.4 Å². The largest absolute Gasteiger partial charge is 0.471 e. The van der Waals surface area contributed by atoms with Crippen molar-refractivity contribution >= 4 is 28.5 Å². The standard InChI is InChI=1S/C18H22F3N5O3S/c1-9-7-11(19)10(14(21)13(9)20)8-29-16-12(15(22)27)17(30-25-16)24-18(28)23-5-4-6-26(2)3/h7H,4-6,8H2,1-3H3,(H2,22,27)(H2,23,24,28). The number of halogens is 3. The molecule has 30 heavy (non-hydrogen) atoms. The summed E-state index contributed by atoms with van der Waals surface area (Å²) in [7, 11) is 3.81. The van der Waals surface area contributed by atoms with Crippen molar-refractivity contribution in [2.24, 2.45) is 5.73 Å². The van der Waals surface area contributed by atoms with Gasteiger partial charge < -0.3 is 20.7 Å². The van der Waals surface area contributed by atoms with Crippen molar-refractivity contribution in [1.29, 1.82) is 0 Å². The van der Waals surface area contributed by atoms with Gasteiger partial charge >= 0.3 is 6.03 Å². The number of rotatable bonds is 9. The molecule has 0 spiro atoms. The zero-order valence-electron chi connectivity index (χ0n) is 16.6. The average molecular weight is 445 g/mol. The summed E-state index contributed by atoms with van der Waals surface area (Å²) < 4.78 is 50.7. The fraction of sp³-hybridized carbons (Fsp3) is 0.389. The number of benzene rings is 1. The lowest BCUT2D eigenvalue weighted by Gasteiger charge is -2.11. The Morgan fingerprint density at radius 3 is 2.60 bits per heavy atom. The lowest BCUT2D eigenvalue weighted by Crippen LogP contribution is -2.31. The Balaban J connectivity index is 2.09. The number of hydrogen-bond acceptors (Lipinski definition) is 6. The predicted molar refractivity (Wildman–Crippen MR) is 106 cm³/mol. The third kappa shape index (κ3) is 5.83. The minimum absolute atomic E-state index is 0.0126. The van der Waals surface area contributed by atoms with Crippen LogP contribution in [0.5, 0.6) is 5.88 Å². The fourth-order valence-corrected chi connectivity index (χ4v) is 3.18. The van der Waals surface area contributed by atoms with Gasteiger partial charge in [-0.1, -0.05) is 0 Å². The van der Waals surface area contributed by atoms with Gasteiger partial charge in [0.1, 0.15) is 23.0 Å². The SMILES string of the molecule is Cc1cc(F)c(COc2nsc(NC(=O)NCCCN(C)C)c2C(N)=O)c(F)c1F. The van der Waals surface area contributed by atoms with E-state index in [1.54, 1.807) is 0 Å². The number of nitrogens with two attached hydrogens (primary N) is 1. The van der Waals surface area contributed by atoms with Gasteiger partial charge in [0.2, 0.25) is 5.88 Å². The molecule has 164 valence electrons. The molecule has 2 rings (SSSR count). The molecule has 1 heterocycles. The molecule has 12 heteroatoms. The van der Waals surface area contributed by atoms with Crippen LogP contribution in [0.3, 0.4) is 0 Å². The second-order valence-corrected chi connectivity index (χ2v) is 7.44. The molecule has 0 aliphatic carbocycles. The van der Waals surface area contributed by atoms with Gasteiger partial charge in [-0.25, -0.2) is 18.0 Å². The van der Waals surface area contributed by atoms with E-state index in [1.807, 2.05) is 19.0 Å². The van der Waals surface area contributed by atoms with E-state index in [9.17, 15) is 22.8 Å². The zero-order valence-corrected chi connectivity index (χ0v) is 17.5. The summed E-state index contributed by atoms with van der Waals surface area (Å²) in [6.07, 6.45) is 0.713. The molecule has 1 aromatic carbocycles. The Morgan fingerprint density at radius 2 is 1.97 bits per heavy atom. The van der Waals surface area contributed by atoms with E-state index in [2.05, 4.69) is 15.0 Å². The van der Waals surface area contributed by atoms with Gasteiger partial charge in [0, 0.05) is 6.54 Å². The van der Waals surface area contributed by atoms with Gasteiger partial charge in [0.25, 0.3) is 5.91 Å². The van der Waals surface area contributed by atoms with E-state index in [1.165, 1.54) is 6.92 Å². The Labute approximate surface area is 175 Å². The molecular formula is C18H22F3N5O3S. The number of nitrogens with one attached hydrogen (secondary N) is 2. The number of amides is 3. The molecule has 0 saturated carbocycles. The van der Waals surface area contributed by atoms with Crippen LogP contribution in [0.25, 0.3) is 0 Å². The van der Waals surface area contributed by atoms with Crippen molar-refractivity contribution in [3.63, 3.8) is 0 Å². The molecule has 0 radical (unpaired) electrons. The number of primary amides is 1. The molecule has 4 N–H and O–H groups in total. The van der Waals surface area contributed by atoms with Crippen LogP contribution >= 0.6 is 11.5 Å². The van der Waals surface area contributed by atoms with Crippen molar-refractivity contribution in [2.45, 2.75) is 20.0 Å². The molecule has 1 aromatic heterocycles. The van der Waals surface area contributed by atoms with Gasteiger partial charge in [-0.15, -0.1) is 0 Å². The summed E-state index contributed by atoms with van der Waals surface area (Å²) >= 11 is 0.708. The minimum Gasteiger partial charge on any atom is -0.471 e. The number of carbonyl (C=O) groups is 2. The van der Waals surface area contributed by atoms with Crippen LogP contribution in [0.1, 0.15) is 27.9 Å². The fourth-order valence-electron chi connectivity index (χ4n) is 2.44. The molecule has 3 amide bonds. The first-order chi connectivity index (χ1) is 14.1. The maximum atomic E-state index is 14.0. The van der Waals surface area contributed by atoms with Crippen molar-refractivity contribution in [2.75, 3.05) is 32.5 Å². The Bertz CT molecular complexity index is 936. The van der Waals surface area contributed by atoms with E-state index in [0.29, 0.717) is 24.5 Å². The van der Waals surface area contributed by atoms with E-state index in [0.717, 1.165) is 12.6 Å². The zero-order chi connectivity index (χ0) is 22.4. The Morgan fingerprint density at radius 1 is 1.27 bits per heavy atom. The van der Waals surface area contributed by atoms with Crippen LogP contribution in [0, 0.1) is 24.4 Å². The first kappa shape index (κ1) is 23.4. The number of aryl methyl sites for hydroxylation is 1. The van der Waals surface area contributed by atoms with E-state index < -0.39 is 41.6 Å². The monoisotopic (exact) mass is 445 g/mol. The van der Waals surface area contributed by atoms with E-state index in [-0.39, 0.29) is 22.0 Å². The summed E-state index contributed by atoms with van der Waals surface area (Å²) in [5.41, 5.74) is 4.22. The predicted octanol–water partition coefficient (Wildman–Crippen LogP) is 2.62. The minimum atomic E-state index is -1.39. The lowest BCUT2D eigenvalue weighted by molar-refractivity contribution is 0.0996. The molecule has 0 atom stereocenters. The molecule has 0 unspecified atom stereocenters. The van der Waals surface area contributed by atoms with Crippen LogP contribution in [0.15, 0.2) is 6.07 Å². The van der Waals surface area contributed by atoms with E-state index in [4.69, 9.17) is 10.5 Å². The van der Waals surface area contributed by atoms with Crippen molar-refractivity contribution in [1.82, 2.24) is 14.6 Å². The number of ether oxygens (including phenoxy) is 1. The summed E-state index contributed by atoms with van der Waals surface area (Å²) in [5.74, 6) is -4.87. The molecule has 0 fully saturated rings. The maximum absolute atomic E-state index is 14.0. The van der Waals surface area contributed by atoms with Crippen molar-refractivity contribution < 1.29 is 27.5 Å². The highest BCUT2D eigenvalue weighted by Gasteiger charge is 2.24. The molecule has 0 bridgehead atoms. The molecule has 0 aliphatic rings. The van der Waals surface area contributed by atoms with E-state index >= 15 is 0 Å².